The topological polar surface area (TPSA) is 81.2 Å². The zero-order valence-electron chi connectivity index (χ0n) is 8.49. The Balaban J connectivity index is 2.50. The van der Waals surface area contributed by atoms with E-state index in [2.05, 4.69) is 4.98 Å². The summed E-state index contributed by atoms with van der Waals surface area (Å²) in [6, 6.07) is 4.17. The number of aryl methyl sites for hydroxylation is 1. The highest BCUT2D eigenvalue weighted by atomic mass is 16.6. The van der Waals surface area contributed by atoms with Crippen molar-refractivity contribution in [2.75, 3.05) is 0 Å². The van der Waals surface area contributed by atoms with Crippen LogP contribution in [0.15, 0.2) is 30.6 Å². The summed E-state index contributed by atoms with van der Waals surface area (Å²) in [6.07, 6.45) is 3.34. The van der Waals surface area contributed by atoms with Crippen LogP contribution in [-0.2, 0) is 0 Å². The lowest BCUT2D eigenvalue weighted by molar-refractivity contribution is -0.385. The van der Waals surface area contributed by atoms with Crippen LogP contribution >= 0.6 is 0 Å². The van der Waals surface area contributed by atoms with Gasteiger partial charge >= 0.3 is 5.69 Å². The summed E-state index contributed by atoms with van der Waals surface area (Å²) in [5, 5.41) is 20.0. The molecule has 0 aliphatic rings. The van der Waals surface area contributed by atoms with Crippen molar-refractivity contribution in [1.29, 1.82) is 0 Å². The van der Waals surface area contributed by atoms with E-state index in [0.717, 1.165) is 5.82 Å². The molecule has 0 amide bonds. The van der Waals surface area contributed by atoms with Crippen molar-refractivity contribution in [3.63, 3.8) is 0 Å². The second-order valence-electron chi connectivity index (χ2n) is 3.27. The van der Waals surface area contributed by atoms with Gasteiger partial charge in [0.15, 0.2) is 5.75 Å². The van der Waals surface area contributed by atoms with Crippen LogP contribution in [0.2, 0.25) is 0 Å². The van der Waals surface area contributed by atoms with Gasteiger partial charge in [0.1, 0.15) is 5.82 Å². The number of imidazole rings is 1. The van der Waals surface area contributed by atoms with Gasteiger partial charge in [-0.05, 0) is 13.0 Å². The smallest absolute Gasteiger partial charge is 0.310 e. The number of phenolic OH excluding ortho intramolecular Hbond substituents is 1. The lowest BCUT2D eigenvalue weighted by Gasteiger charge is -2.05. The number of phenols is 1. The average Bonchev–Trinajstić information content (AvgIpc) is 2.63. The van der Waals surface area contributed by atoms with Crippen LogP contribution in [0.25, 0.3) is 5.69 Å². The zero-order chi connectivity index (χ0) is 11.7. The molecule has 0 atom stereocenters. The number of aromatic hydroxyl groups is 1. The summed E-state index contributed by atoms with van der Waals surface area (Å²) >= 11 is 0. The van der Waals surface area contributed by atoms with E-state index in [9.17, 15) is 15.2 Å². The molecule has 0 fully saturated rings. The van der Waals surface area contributed by atoms with Crippen LogP contribution in [0.3, 0.4) is 0 Å². The van der Waals surface area contributed by atoms with Crippen LogP contribution in [0.4, 0.5) is 5.69 Å². The van der Waals surface area contributed by atoms with Crippen molar-refractivity contribution in [2.24, 2.45) is 0 Å². The molecule has 0 aliphatic carbocycles. The highest BCUT2D eigenvalue weighted by Gasteiger charge is 2.13. The standard InChI is InChI=1S/C10H9N3O3/c1-7-11-4-5-12(7)8-2-3-9(13(15)16)10(14)6-8/h2-6,14H,1H3. The van der Waals surface area contributed by atoms with Crippen molar-refractivity contribution in [3.8, 4) is 11.4 Å². The monoisotopic (exact) mass is 219 g/mol. The molecular formula is C10H9N3O3. The van der Waals surface area contributed by atoms with Gasteiger partial charge < -0.3 is 9.67 Å². The SMILES string of the molecule is Cc1nccn1-c1ccc([N+](=O)[O-])c(O)c1. The fourth-order valence-corrected chi connectivity index (χ4v) is 1.47. The molecule has 0 bridgehead atoms. The molecule has 0 saturated carbocycles. The maximum atomic E-state index is 10.5. The highest BCUT2D eigenvalue weighted by molar-refractivity contribution is 5.52. The minimum absolute atomic E-state index is 0.304. The number of nitro benzene ring substituents is 1. The molecule has 0 saturated heterocycles. The summed E-state index contributed by atoms with van der Waals surface area (Å²) < 4.78 is 1.73. The van der Waals surface area contributed by atoms with Gasteiger partial charge in [0.25, 0.3) is 0 Å². The van der Waals surface area contributed by atoms with E-state index in [1.165, 1.54) is 12.1 Å². The first-order valence-corrected chi connectivity index (χ1v) is 4.57. The predicted octanol–water partition coefficient (Wildman–Crippen LogP) is 1.79. The third-order valence-corrected chi connectivity index (χ3v) is 2.26. The van der Waals surface area contributed by atoms with Gasteiger partial charge in [0.05, 0.1) is 10.6 Å². The Hall–Kier alpha value is -2.37. The molecule has 2 rings (SSSR count). The Bertz CT molecular complexity index is 548. The molecule has 2 aromatic rings. The van der Waals surface area contributed by atoms with Crippen LogP contribution in [0, 0.1) is 17.0 Å². The Morgan fingerprint density at radius 2 is 2.25 bits per heavy atom. The van der Waals surface area contributed by atoms with Crippen molar-refractivity contribution < 1.29 is 10.0 Å². The van der Waals surface area contributed by atoms with Crippen LogP contribution in [0.1, 0.15) is 5.82 Å². The van der Waals surface area contributed by atoms with E-state index in [1.807, 2.05) is 0 Å². The third-order valence-electron chi connectivity index (χ3n) is 2.26. The van der Waals surface area contributed by atoms with Crippen molar-refractivity contribution in [1.82, 2.24) is 9.55 Å². The average molecular weight is 219 g/mol. The first kappa shape index (κ1) is 10.2. The van der Waals surface area contributed by atoms with Gasteiger partial charge in [-0.2, -0.15) is 0 Å². The van der Waals surface area contributed by atoms with Crippen LogP contribution < -0.4 is 0 Å². The first-order chi connectivity index (χ1) is 7.59. The molecule has 1 aromatic carbocycles. The molecule has 0 unspecified atom stereocenters. The van der Waals surface area contributed by atoms with Gasteiger partial charge in [-0.3, -0.25) is 10.1 Å². The van der Waals surface area contributed by atoms with E-state index in [4.69, 9.17) is 0 Å². The Morgan fingerprint density at radius 3 is 2.75 bits per heavy atom. The summed E-state index contributed by atoms with van der Waals surface area (Å²) in [5.74, 6) is 0.392. The molecule has 1 aromatic heterocycles. The fraction of sp³-hybridized carbons (Fsp3) is 0.100. The van der Waals surface area contributed by atoms with Gasteiger partial charge in [0, 0.05) is 24.5 Å². The van der Waals surface area contributed by atoms with Crippen LogP contribution in [-0.4, -0.2) is 19.6 Å². The van der Waals surface area contributed by atoms with E-state index < -0.39 is 4.92 Å². The maximum absolute atomic E-state index is 10.5. The minimum Gasteiger partial charge on any atom is -0.502 e. The van der Waals surface area contributed by atoms with E-state index in [0.29, 0.717) is 5.69 Å². The molecule has 82 valence electrons. The number of hydrogen-bond acceptors (Lipinski definition) is 4. The highest BCUT2D eigenvalue weighted by Crippen LogP contribution is 2.28. The lowest BCUT2D eigenvalue weighted by atomic mass is 10.2. The zero-order valence-corrected chi connectivity index (χ0v) is 8.49. The van der Waals surface area contributed by atoms with Gasteiger partial charge in [-0.25, -0.2) is 4.98 Å². The summed E-state index contributed by atoms with van der Waals surface area (Å²) in [6.45, 7) is 1.80. The molecule has 16 heavy (non-hydrogen) atoms. The summed E-state index contributed by atoms with van der Waals surface area (Å²) in [7, 11) is 0. The number of aromatic nitrogens is 2. The van der Waals surface area contributed by atoms with Crippen molar-refractivity contribution in [3.05, 3.63) is 46.5 Å². The Morgan fingerprint density at radius 1 is 1.50 bits per heavy atom. The Labute approximate surface area is 90.9 Å². The molecule has 0 aliphatic heterocycles. The van der Waals surface area contributed by atoms with E-state index >= 15 is 0 Å². The van der Waals surface area contributed by atoms with Crippen molar-refractivity contribution in [2.45, 2.75) is 6.92 Å². The number of benzene rings is 1. The molecular weight excluding hydrogens is 210 g/mol. The fourth-order valence-electron chi connectivity index (χ4n) is 1.47. The number of rotatable bonds is 2. The normalized spacial score (nSPS) is 10.3. The van der Waals surface area contributed by atoms with E-state index in [-0.39, 0.29) is 11.4 Å². The van der Waals surface area contributed by atoms with Crippen LogP contribution in [0.5, 0.6) is 5.75 Å². The third kappa shape index (κ3) is 1.60. The quantitative estimate of drug-likeness (QED) is 0.616. The number of hydrogen-bond donors (Lipinski definition) is 1. The molecule has 6 nitrogen and oxygen atoms in total. The summed E-state index contributed by atoms with van der Waals surface area (Å²) in [4.78, 5) is 13.9. The molecule has 1 N–H and O–H groups in total. The maximum Gasteiger partial charge on any atom is 0.310 e. The molecule has 6 heteroatoms. The molecule has 0 spiro atoms. The minimum atomic E-state index is -0.625. The second-order valence-corrected chi connectivity index (χ2v) is 3.27. The van der Waals surface area contributed by atoms with Crippen molar-refractivity contribution >= 4 is 5.69 Å². The van der Waals surface area contributed by atoms with Gasteiger partial charge in [-0.15, -0.1) is 0 Å². The lowest BCUT2D eigenvalue weighted by Crippen LogP contribution is -1.96. The summed E-state index contributed by atoms with van der Waals surface area (Å²) in [5.41, 5.74) is 0.333. The largest absolute Gasteiger partial charge is 0.502 e. The number of nitrogens with zero attached hydrogens (tertiary/aromatic N) is 3. The second kappa shape index (κ2) is 3.65. The first-order valence-electron chi connectivity index (χ1n) is 4.57. The molecule has 0 radical (unpaired) electrons. The predicted molar refractivity (Wildman–Crippen MR) is 56.6 cm³/mol. The Kier molecular flexibility index (Phi) is 2.32. The van der Waals surface area contributed by atoms with E-state index in [1.54, 1.807) is 30.0 Å². The van der Waals surface area contributed by atoms with Gasteiger partial charge in [-0.1, -0.05) is 0 Å². The number of nitro groups is 1. The van der Waals surface area contributed by atoms with Gasteiger partial charge in [0.2, 0.25) is 0 Å². The molecule has 1 heterocycles.